The number of carbonyl (C=O) groups is 1. The molecule has 1 aromatic rings. The van der Waals surface area contributed by atoms with Crippen molar-refractivity contribution in [2.24, 2.45) is 11.7 Å². The molecule has 1 saturated carbocycles. The van der Waals surface area contributed by atoms with E-state index in [4.69, 9.17) is 17.3 Å². The second-order valence-corrected chi connectivity index (χ2v) is 6.67. The summed E-state index contributed by atoms with van der Waals surface area (Å²) >= 11 is 6.33. The van der Waals surface area contributed by atoms with Gasteiger partial charge in [0.15, 0.2) is 0 Å². The van der Waals surface area contributed by atoms with Crippen molar-refractivity contribution in [3.63, 3.8) is 0 Å². The van der Waals surface area contributed by atoms with Crippen molar-refractivity contribution in [3.8, 4) is 0 Å². The second kappa shape index (κ2) is 6.37. The average molecular weight is 307 g/mol. The monoisotopic (exact) mass is 306 g/mol. The van der Waals surface area contributed by atoms with Gasteiger partial charge in [-0.3, -0.25) is 4.79 Å². The fourth-order valence-electron chi connectivity index (χ4n) is 3.78. The number of hydrogen-bond donors (Lipinski definition) is 1. The number of benzene rings is 1. The molecule has 1 aliphatic carbocycles. The SMILES string of the molecule is NC1CCCCC1C(=O)N1CCCC1c1ccccc1Cl. The van der Waals surface area contributed by atoms with E-state index in [1.54, 1.807) is 0 Å². The molecule has 1 heterocycles. The van der Waals surface area contributed by atoms with Crippen molar-refractivity contribution in [3.05, 3.63) is 34.9 Å². The van der Waals surface area contributed by atoms with Crippen LogP contribution in [0, 0.1) is 5.92 Å². The Morgan fingerprint density at radius 2 is 1.90 bits per heavy atom. The molecule has 1 aromatic carbocycles. The summed E-state index contributed by atoms with van der Waals surface area (Å²) in [6, 6.07) is 8.03. The standard InChI is InChI=1S/C17H23ClN2O/c18-14-8-3-1-6-12(14)16-10-5-11-20(16)17(21)13-7-2-4-9-15(13)19/h1,3,6,8,13,15-16H,2,4-5,7,9-11,19H2. The van der Waals surface area contributed by atoms with Gasteiger partial charge in [-0.1, -0.05) is 42.6 Å². The molecule has 0 bridgehead atoms. The van der Waals surface area contributed by atoms with Gasteiger partial charge in [0.2, 0.25) is 5.91 Å². The van der Waals surface area contributed by atoms with E-state index >= 15 is 0 Å². The van der Waals surface area contributed by atoms with E-state index in [-0.39, 0.29) is 23.9 Å². The molecule has 0 spiro atoms. The van der Waals surface area contributed by atoms with Gasteiger partial charge in [0.1, 0.15) is 0 Å². The zero-order valence-corrected chi connectivity index (χ0v) is 13.1. The molecule has 2 fully saturated rings. The lowest BCUT2D eigenvalue weighted by molar-refractivity contribution is -0.138. The molecular formula is C17H23ClN2O. The molecule has 3 nitrogen and oxygen atoms in total. The molecule has 0 aromatic heterocycles. The number of amides is 1. The highest BCUT2D eigenvalue weighted by atomic mass is 35.5. The normalized spacial score (nSPS) is 29.6. The third kappa shape index (κ3) is 2.95. The number of nitrogens with two attached hydrogens (primary N) is 1. The van der Waals surface area contributed by atoms with Crippen LogP contribution in [0.4, 0.5) is 0 Å². The zero-order chi connectivity index (χ0) is 14.8. The lowest BCUT2D eigenvalue weighted by Crippen LogP contribution is -2.45. The highest BCUT2D eigenvalue weighted by molar-refractivity contribution is 6.31. The predicted molar refractivity (Wildman–Crippen MR) is 85.1 cm³/mol. The predicted octanol–water partition coefficient (Wildman–Crippen LogP) is 3.52. The molecule has 3 unspecified atom stereocenters. The molecule has 1 saturated heterocycles. The van der Waals surface area contributed by atoms with Crippen LogP contribution in [0.2, 0.25) is 5.02 Å². The first-order valence-corrected chi connectivity index (χ1v) is 8.37. The number of nitrogens with zero attached hydrogens (tertiary/aromatic N) is 1. The van der Waals surface area contributed by atoms with E-state index in [0.29, 0.717) is 0 Å². The van der Waals surface area contributed by atoms with E-state index in [1.165, 1.54) is 0 Å². The number of rotatable bonds is 2. The van der Waals surface area contributed by atoms with Crippen LogP contribution < -0.4 is 5.73 Å². The molecular weight excluding hydrogens is 284 g/mol. The molecule has 3 atom stereocenters. The summed E-state index contributed by atoms with van der Waals surface area (Å²) in [7, 11) is 0. The van der Waals surface area contributed by atoms with Crippen molar-refractivity contribution >= 4 is 17.5 Å². The summed E-state index contributed by atoms with van der Waals surface area (Å²) in [5, 5.41) is 0.759. The van der Waals surface area contributed by atoms with Gasteiger partial charge in [0.05, 0.1) is 12.0 Å². The Balaban J connectivity index is 1.80. The minimum atomic E-state index is 0.00170. The van der Waals surface area contributed by atoms with Crippen molar-refractivity contribution in [2.45, 2.75) is 50.6 Å². The number of hydrogen-bond acceptors (Lipinski definition) is 2. The highest BCUT2D eigenvalue weighted by Gasteiger charge is 2.37. The quantitative estimate of drug-likeness (QED) is 0.908. The first kappa shape index (κ1) is 14.9. The zero-order valence-electron chi connectivity index (χ0n) is 12.3. The van der Waals surface area contributed by atoms with Crippen LogP contribution >= 0.6 is 11.6 Å². The van der Waals surface area contributed by atoms with Gasteiger partial charge >= 0.3 is 0 Å². The van der Waals surface area contributed by atoms with Crippen molar-refractivity contribution in [1.82, 2.24) is 4.90 Å². The fraction of sp³-hybridized carbons (Fsp3) is 0.588. The van der Waals surface area contributed by atoms with Gasteiger partial charge in [0.25, 0.3) is 0 Å². The van der Waals surface area contributed by atoms with Crippen LogP contribution in [0.1, 0.15) is 50.1 Å². The number of halogens is 1. The van der Waals surface area contributed by atoms with Crippen LogP contribution in [0.25, 0.3) is 0 Å². The Hall–Kier alpha value is -1.06. The van der Waals surface area contributed by atoms with E-state index in [9.17, 15) is 4.79 Å². The third-order valence-corrected chi connectivity index (χ3v) is 5.28. The Morgan fingerprint density at radius 3 is 2.67 bits per heavy atom. The summed E-state index contributed by atoms with van der Waals surface area (Å²) in [4.78, 5) is 14.9. The van der Waals surface area contributed by atoms with Crippen molar-refractivity contribution < 1.29 is 4.79 Å². The molecule has 2 aliphatic rings. The van der Waals surface area contributed by atoms with E-state index in [0.717, 1.165) is 55.7 Å². The van der Waals surface area contributed by atoms with E-state index < -0.39 is 0 Å². The summed E-state index contributed by atoms with van der Waals surface area (Å²) in [5.41, 5.74) is 7.27. The lowest BCUT2D eigenvalue weighted by Gasteiger charge is -2.34. The maximum atomic E-state index is 12.9. The van der Waals surface area contributed by atoms with Crippen LogP contribution in [0.5, 0.6) is 0 Å². The number of carbonyl (C=O) groups excluding carboxylic acids is 1. The van der Waals surface area contributed by atoms with Crippen molar-refractivity contribution in [1.29, 1.82) is 0 Å². The molecule has 2 N–H and O–H groups in total. The molecule has 114 valence electrons. The molecule has 3 rings (SSSR count). The third-order valence-electron chi connectivity index (χ3n) is 4.94. The van der Waals surface area contributed by atoms with Gasteiger partial charge in [-0.2, -0.15) is 0 Å². The smallest absolute Gasteiger partial charge is 0.227 e. The molecule has 0 radical (unpaired) electrons. The summed E-state index contributed by atoms with van der Waals surface area (Å²) < 4.78 is 0. The fourth-order valence-corrected chi connectivity index (χ4v) is 4.04. The maximum absolute atomic E-state index is 12.9. The van der Waals surface area contributed by atoms with Gasteiger partial charge in [-0.15, -0.1) is 0 Å². The summed E-state index contributed by atoms with van der Waals surface area (Å²) in [6.45, 7) is 0.831. The Morgan fingerprint density at radius 1 is 1.14 bits per heavy atom. The first-order chi connectivity index (χ1) is 10.2. The Kier molecular flexibility index (Phi) is 4.51. The van der Waals surface area contributed by atoms with Crippen LogP contribution in [0.15, 0.2) is 24.3 Å². The largest absolute Gasteiger partial charge is 0.335 e. The van der Waals surface area contributed by atoms with Crippen molar-refractivity contribution in [2.75, 3.05) is 6.54 Å². The molecule has 21 heavy (non-hydrogen) atoms. The first-order valence-electron chi connectivity index (χ1n) is 7.99. The lowest BCUT2D eigenvalue weighted by atomic mass is 9.84. The molecule has 4 heteroatoms. The summed E-state index contributed by atoms with van der Waals surface area (Å²) in [6.07, 6.45) is 6.22. The second-order valence-electron chi connectivity index (χ2n) is 6.27. The summed E-state index contributed by atoms with van der Waals surface area (Å²) in [5.74, 6) is 0.242. The highest BCUT2D eigenvalue weighted by Crippen LogP contribution is 2.38. The molecule has 1 aliphatic heterocycles. The van der Waals surface area contributed by atoms with Crippen LogP contribution in [0.3, 0.4) is 0 Å². The van der Waals surface area contributed by atoms with Gasteiger partial charge in [-0.05, 0) is 37.3 Å². The minimum Gasteiger partial charge on any atom is -0.335 e. The average Bonchev–Trinajstić information content (AvgIpc) is 2.97. The maximum Gasteiger partial charge on any atom is 0.227 e. The number of likely N-dealkylation sites (tertiary alicyclic amines) is 1. The van der Waals surface area contributed by atoms with Gasteiger partial charge in [0, 0.05) is 17.6 Å². The van der Waals surface area contributed by atoms with E-state index in [2.05, 4.69) is 0 Å². The van der Waals surface area contributed by atoms with Gasteiger partial charge in [-0.25, -0.2) is 0 Å². The molecule has 1 amide bonds. The van der Waals surface area contributed by atoms with Crippen LogP contribution in [-0.2, 0) is 4.79 Å². The van der Waals surface area contributed by atoms with Crippen LogP contribution in [-0.4, -0.2) is 23.4 Å². The minimum absolute atomic E-state index is 0.00170. The Labute approximate surface area is 131 Å². The van der Waals surface area contributed by atoms with Gasteiger partial charge < -0.3 is 10.6 Å². The Bertz CT molecular complexity index is 519. The topological polar surface area (TPSA) is 46.3 Å². The van der Waals surface area contributed by atoms with E-state index in [1.807, 2.05) is 29.2 Å².